The van der Waals surface area contributed by atoms with Gasteiger partial charge in [0.1, 0.15) is 24.0 Å². The van der Waals surface area contributed by atoms with Gasteiger partial charge in [-0.3, -0.25) is 0 Å². The lowest BCUT2D eigenvalue weighted by Gasteiger charge is -2.11. The minimum absolute atomic E-state index is 0.350. The van der Waals surface area contributed by atoms with Gasteiger partial charge in [-0.2, -0.15) is 5.26 Å². The van der Waals surface area contributed by atoms with E-state index in [4.69, 9.17) is 15.1 Å². The smallest absolute Gasteiger partial charge is 0.346 e. The third-order valence-electron chi connectivity index (χ3n) is 2.89. The zero-order chi connectivity index (χ0) is 15.9. The van der Waals surface area contributed by atoms with E-state index in [1.807, 2.05) is 30.3 Å². The first kappa shape index (κ1) is 15.8. The average Bonchev–Trinajstić information content (AvgIpc) is 2.52. The summed E-state index contributed by atoms with van der Waals surface area (Å²) in [7, 11) is 0. The molecule has 0 amide bonds. The molecule has 2 rings (SSSR count). The second-order valence-electron chi connectivity index (χ2n) is 4.40. The summed E-state index contributed by atoms with van der Waals surface area (Å²) in [5, 5.41) is 17.9. The van der Waals surface area contributed by atoms with E-state index >= 15 is 0 Å². The van der Waals surface area contributed by atoms with Crippen LogP contribution in [0.3, 0.4) is 0 Å². The Morgan fingerprint density at radius 1 is 1.23 bits per heavy atom. The Hall–Kier alpha value is -2.58. The maximum absolute atomic E-state index is 11.0. The molecule has 2 aromatic carbocycles. The van der Waals surface area contributed by atoms with Crippen LogP contribution in [0, 0.1) is 11.3 Å². The Morgan fingerprint density at radius 2 is 1.95 bits per heavy atom. The number of carboxylic acid groups (broad SMARTS) is 1. The Balaban J connectivity index is 2.31. The van der Waals surface area contributed by atoms with Crippen molar-refractivity contribution in [3.63, 3.8) is 0 Å². The van der Waals surface area contributed by atoms with E-state index in [1.54, 1.807) is 24.3 Å². The molecular formula is C17H12BrNO3. The molecule has 0 radical (unpaired) electrons. The Bertz CT molecular complexity index is 748. The monoisotopic (exact) mass is 357 g/mol. The first-order valence-corrected chi connectivity index (χ1v) is 7.21. The molecule has 0 saturated heterocycles. The summed E-state index contributed by atoms with van der Waals surface area (Å²) < 4.78 is 6.41. The molecule has 0 heterocycles. The van der Waals surface area contributed by atoms with Crippen LogP contribution in [-0.2, 0) is 11.4 Å². The lowest BCUT2D eigenvalue weighted by Crippen LogP contribution is -2.00. The second kappa shape index (κ2) is 7.43. The van der Waals surface area contributed by atoms with E-state index in [9.17, 15) is 4.79 Å². The van der Waals surface area contributed by atoms with Gasteiger partial charge in [0.05, 0.1) is 0 Å². The van der Waals surface area contributed by atoms with Crippen molar-refractivity contribution in [2.75, 3.05) is 0 Å². The van der Waals surface area contributed by atoms with Gasteiger partial charge in [-0.05, 0) is 23.8 Å². The number of hydrogen-bond acceptors (Lipinski definition) is 3. The number of ether oxygens (including phenoxy) is 1. The topological polar surface area (TPSA) is 70.3 Å². The maximum atomic E-state index is 11.0. The van der Waals surface area contributed by atoms with Crippen LogP contribution in [0.5, 0.6) is 5.75 Å². The van der Waals surface area contributed by atoms with Crippen molar-refractivity contribution in [3.05, 3.63) is 69.7 Å². The van der Waals surface area contributed by atoms with Crippen LogP contribution in [0.2, 0.25) is 0 Å². The zero-order valence-corrected chi connectivity index (χ0v) is 13.1. The highest BCUT2D eigenvalue weighted by Crippen LogP contribution is 2.29. The highest BCUT2D eigenvalue weighted by atomic mass is 79.9. The fourth-order valence-electron chi connectivity index (χ4n) is 1.80. The van der Waals surface area contributed by atoms with E-state index in [0.29, 0.717) is 22.4 Å². The Morgan fingerprint density at radius 3 is 2.59 bits per heavy atom. The SMILES string of the molecule is N#C/C(=C\c1c(Br)cccc1OCc1ccccc1)C(=O)O. The van der Waals surface area contributed by atoms with Crippen molar-refractivity contribution in [1.82, 2.24) is 0 Å². The van der Waals surface area contributed by atoms with Crippen LogP contribution in [0.1, 0.15) is 11.1 Å². The fraction of sp³-hybridized carbons (Fsp3) is 0.0588. The van der Waals surface area contributed by atoms with Gasteiger partial charge in [-0.1, -0.05) is 52.3 Å². The van der Waals surface area contributed by atoms with Gasteiger partial charge in [0, 0.05) is 10.0 Å². The highest BCUT2D eigenvalue weighted by Gasteiger charge is 2.11. The van der Waals surface area contributed by atoms with E-state index < -0.39 is 5.97 Å². The molecule has 0 atom stereocenters. The number of hydrogen-bond donors (Lipinski definition) is 1. The van der Waals surface area contributed by atoms with Gasteiger partial charge >= 0.3 is 5.97 Å². The summed E-state index contributed by atoms with van der Waals surface area (Å²) in [4.78, 5) is 11.0. The van der Waals surface area contributed by atoms with Crippen molar-refractivity contribution in [1.29, 1.82) is 5.26 Å². The highest BCUT2D eigenvalue weighted by molar-refractivity contribution is 9.10. The molecule has 2 aromatic rings. The maximum Gasteiger partial charge on any atom is 0.346 e. The van der Waals surface area contributed by atoms with Crippen LogP contribution in [0.15, 0.2) is 58.6 Å². The van der Waals surface area contributed by atoms with Crippen molar-refractivity contribution >= 4 is 28.0 Å². The second-order valence-corrected chi connectivity index (χ2v) is 5.26. The quantitative estimate of drug-likeness (QED) is 0.647. The number of nitriles is 1. The molecule has 110 valence electrons. The molecule has 0 aliphatic carbocycles. The fourth-order valence-corrected chi connectivity index (χ4v) is 2.27. The Kier molecular flexibility index (Phi) is 5.34. The normalized spacial score (nSPS) is 10.8. The van der Waals surface area contributed by atoms with Crippen LogP contribution < -0.4 is 4.74 Å². The molecule has 0 aliphatic rings. The third-order valence-corrected chi connectivity index (χ3v) is 3.58. The number of rotatable bonds is 5. The van der Waals surface area contributed by atoms with Gasteiger partial charge in [0.15, 0.2) is 0 Å². The number of carbonyl (C=O) groups is 1. The number of carboxylic acids is 1. The first-order valence-electron chi connectivity index (χ1n) is 6.42. The minimum Gasteiger partial charge on any atom is -0.488 e. The molecule has 22 heavy (non-hydrogen) atoms. The van der Waals surface area contributed by atoms with Crippen molar-refractivity contribution in [3.8, 4) is 11.8 Å². The molecule has 0 aliphatic heterocycles. The molecule has 4 nitrogen and oxygen atoms in total. The first-order chi connectivity index (χ1) is 10.6. The third kappa shape index (κ3) is 3.96. The minimum atomic E-state index is -1.27. The average molecular weight is 358 g/mol. The molecule has 0 spiro atoms. The van der Waals surface area contributed by atoms with Crippen LogP contribution in [0.25, 0.3) is 6.08 Å². The summed E-state index contributed by atoms with van der Waals surface area (Å²) >= 11 is 3.35. The van der Waals surface area contributed by atoms with Gasteiger partial charge in [0.25, 0.3) is 0 Å². The number of halogens is 1. The summed E-state index contributed by atoms with van der Waals surface area (Å²) in [6.07, 6.45) is 1.30. The predicted molar refractivity (Wildman–Crippen MR) is 86.1 cm³/mol. The number of benzene rings is 2. The molecule has 0 fully saturated rings. The molecule has 0 saturated carbocycles. The van der Waals surface area contributed by atoms with Crippen LogP contribution in [-0.4, -0.2) is 11.1 Å². The molecule has 0 bridgehead atoms. The van der Waals surface area contributed by atoms with E-state index in [2.05, 4.69) is 15.9 Å². The van der Waals surface area contributed by atoms with E-state index in [0.717, 1.165) is 5.56 Å². The molecule has 0 unspecified atom stereocenters. The van der Waals surface area contributed by atoms with Crippen molar-refractivity contribution < 1.29 is 14.6 Å². The Labute approximate surface area is 136 Å². The lowest BCUT2D eigenvalue weighted by atomic mass is 10.1. The summed E-state index contributed by atoms with van der Waals surface area (Å²) in [5.74, 6) is -0.764. The lowest BCUT2D eigenvalue weighted by molar-refractivity contribution is -0.132. The van der Waals surface area contributed by atoms with Gasteiger partial charge in [-0.15, -0.1) is 0 Å². The van der Waals surface area contributed by atoms with E-state index in [1.165, 1.54) is 6.08 Å². The summed E-state index contributed by atoms with van der Waals surface area (Å²) in [6, 6.07) is 16.6. The molecular weight excluding hydrogens is 346 g/mol. The number of aliphatic carboxylic acids is 1. The van der Waals surface area contributed by atoms with E-state index in [-0.39, 0.29) is 5.57 Å². The largest absolute Gasteiger partial charge is 0.488 e. The van der Waals surface area contributed by atoms with Crippen LogP contribution >= 0.6 is 15.9 Å². The number of nitrogens with zero attached hydrogens (tertiary/aromatic N) is 1. The standard InChI is InChI=1S/C17H12BrNO3/c18-15-7-4-8-16(14(15)9-13(10-19)17(20)21)22-11-12-5-2-1-3-6-12/h1-9H,11H2,(H,20,21)/b13-9+. The van der Waals surface area contributed by atoms with Gasteiger partial charge in [-0.25, -0.2) is 4.79 Å². The zero-order valence-electron chi connectivity index (χ0n) is 11.5. The van der Waals surface area contributed by atoms with Gasteiger partial charge in [0.2, 0.25) is 0 Å². The van der Waals surface area contributed by atoms with Crippen LogP contribution in [0.4, 0.5) is 0 Å². The molecule has 5 heteroatoms. The van der Waals surface area contributed by atoms with Gasteiger partial charge < -0.3 is 9.84 Å². The summed E-state index contributed by atoms with van der Waals surface area (Å²) in [5.41, 5.74) is 1.17. The predicted octanol–water partition coefficient (Wildman–Crippen LogP) is 4.02. The van der Waals surface area contributed by atoms with Crippen molar-refractivity contribution in [2.45, 2.75) is 6.61 Å². The summed E-state index contributed by atoms with van der Waals surface area (Å²) in [6.45, 7) is 0.354. The molecule has 1 N–H and O–H groups in total. The molecule has 0 aromatic heterocycles. The van der Waals surface area contributed by atoms with Crippen molar-refractivity contribution in [2.24, 2.45) is 0 Å².